The molecule has 100 valence electrons. The average Bonchev–Trinajstić information content (AvgIpc) is 2.71. The molecule has 0 bridgehead atoms. The van der Waals surface area contributed by atoms with Gasteiger partial charge < -0.3 is 11.1 Å². The van der Waals surface area contributed by atoms with Crippen molar-refractivity contribution >= 4 is 28.8 Å². The number of hydrogen-bond acceptors (Lipinski definition) is 8. The second-order valence-electron chi connectivity index (χ2n) is 3.83. The quantitative estimate of drug-likeness (QED) is 0.645. The molecule has 2 aromatic heterocycles. The Hall–Kier alpha value is -2.29. The molecule has 0 aromatic carbocycles. The van der Waals surface area contributed by atoms with E-state index in [1.165, 1.54) is 18.3 Å². The number of thiazole rings is 1. The molecular weight excluding hydrogens is 268 g/mol. The van der Waals surface area contributed by atoms with Gasteiger partial charge >= 0.3 is 5.69 Å². The molecule has 0 saturated heterocycles. The summed E-state index contributed by atoms with van der Waals surface area (Å²) in [7, 11) is 0. The average molecular weight is 280 g/mol. The highest BCUT2D eigenvalue weighted by Gasteiger charge is 2.21. The van der Waals surface area contributed by atoms with Crippen molar-refractivity contribution in [2.24, 2.45) is 0 Å². The normalized spacial score (nSPS) is 10.4. The summed E-state index contributed by atoms with van der Waals surface area (Å²) in [4.78, 5) is 22.4. The monoisotopic (exact) mass is 280 g/mol. The summed E-state index contributed by atoms with van der Waals surface area (Å²) in [5, 5.41) is 16.7. The standard InChI is InChI=1S/C10H12N6O2S/c1-5-8(16(17)18)9(15-10(11)13-5)12-3-7-4-19-6(2)14-7/h4H,3H2,1-2H3,(H3,11,12,13,15). The molecule has 0 saturated carbocycles. The van der Waals surface area contributed by atoms with E-state index >= 15 is 0 Å². The number of hydrogen-bond donors (Lipinski definition) is 2. The molecule has 8 nitrogen and oxygen atoms in total. The van der Waals surface area contributed by atoms with Crippen LogP contribution in [-0.2, 0) is 6.54 Å². The largest absolute Gasteiger partial charge is 0.368 e. The zero-order chi connectivity index (χ0) is 14.0. The van der Waals surface area contributed by atoms with Gasteiger partial charge in [-0.15, -0.1) is 11.3 Å². The Morgan fingerprint density at radius 2 is 2.16 bits per heavy atom. The molecule has 0 spiro atoms. The summed E-state index contributed by atoms with van der Waals surface area (Å²) >= 11 is 1.51. The van der Waals surface area contributed by atoms with Crippen molar-refractivity contribution in [1.29, 1.82) is 0 Å². The first-order valence-corrected chi connectivity index (χ1v) is 6.28. The Morgan fingerprint density at radius 1 is 1.42 bits per heavy atom. The molecular formula is C10H12N6O2S. The lowest BCUT2D eigenvalue weighted by atomic mass is 10.3. The van der Waals surface area contributed by atoms with Gasteiger partial charge in [-0.3, -0.25) is 10.1 Å². The topological polar surface area (TPSA) is 120 Å². The van der Waals surface area contributed by atoms with E-state index in [4.69, 9.17) is 5.73 Å². The predicted octanol–water partition coefficient (Wildman–Crippen LogP) is 1.65. The lowest BCUT2D eigenvalue weighted by molar-refractivity contribution is -0.385. The zero-order valence-corrected chi connectivity index (χ0v) is 11.2. The molecule has 3 N–H and O–H groups in total. The van der Waals surface area contributed by atoms with Crippen LogP contribution in [0.1, 0.15) is 16.4 Å². The molecule has 0 radical (unpaired) electrons. The lowest BCUT2D eigenvalue weighted by Crippen LogP contribution is -2.09. The van der Waals surface area contributed by atoms with Gasteiger partial charge in [0.25, 0.3) is 0 Å². The second kappa shape index (κ2) is 5.14. The number of nitrogens with zero attached hydrogens (tertiary/aromatic N) is 4. The maximum atomic E-state index is 11.0. The summed E-state index contributed by atoms with van der Waals surface area (Å²) in [6.07, 6.45) is 0. The zero-order valence-electron chi connectivity index (χ0n) is 10.4. The molecule has 0 unspecified atom stereocenters. The summed E-state index contributed by atoms with van der Waals surface area (Å²) in [6, 6.07) is 0. The minimum atomic E-state index is -0.524. The van der Waals surface area contributed by atoms with Crippen molar-refractivity contribution in [3.63, 3.8) is 0 Å². The first-order valence-electron chi connectivity index (χ1n) is 5.40. The van der Waals surface area contributed by atoms with Gasteiger partial charge in [0.05, 0.1) is 22.2 Å². The molecule has 2 aromatic rings. The van der Waals surface area contributed by atoms with Crippen molar-refractivity contribution in [3.8, 4) is 0 Å². The summed E-state index contributed by atoms with van der Waals surface area (Å²) in [5.41, 5.74) is 6.37. The highest BCUT2D eigenvalue weighted by Crippen LogP contribution is 2.26. The van der Waals surface area contributed by atoms with Gasteiger partial charge in [0.15, 0.2) is 0 Å². The van der Waals surface area contributed by atoms with Crippen molar-refractivity contribution in [2.45, 2.75) is 20.4 Å². The Balaban J connectivity index is 2.26. The van der Waals surface area contributed by atoms with Crippen LogP contribution in [0.2, 0.25) is 0 Å². The van der Waals surface area contributed by atoms with Gasteiger partial charge in [0, 0.05) is 5.38 Å². The van der Waals surface area contributed by atoms with Crippen molar-refractivity contribution < 1.29 is 4.92 Å². The van der Waals surface area contributed by atoms with E-state index < -0.39 is 4.92 Å². The highest BCUT2D eigenvalue weighted by molar-refractivity contribution is 7.09. The lowest BCUT2D eigenvalue weighted by Gasteiger charge is -2.06. The molecule has 19 heavy (non-hydrogen) atoms. The maximum Gasteiger partial charge on any atom is 0.332 e. The van der Waals surface area contributed by atoms with E-state index in [-0.39, 0.29) is 23.1 Å². The van der Waals surface area contributed by atoms with Crippen LogP contribution in [0.4, 0.5) is 17.5 Å². The van der Waals surface area contributed by atoms with Gasteiger partial charge in [-0.2, -0.15) is 4.98 Å². The molecule has 9 heteroatoms. The fraction of sp³-hybridized carbons (Fsp3) is 0.300. The van der Waals surface area contributed by atoms with Crippen molar-refractivity contribution in [2.75, 3.05) is 11.1 Å². The third-order valence-electron chi connectivity index (χ3n) is 2.36. The molecule has 0 atom stereocenters. The van der Waals surface area contributed by atoms with Crippen LogP contribution >= 0.6 is 11.3 Å². The van der Waals surface area contributed by atoms with Gasteiger partial charge in [0.2, 0.25) is 11.8 Å². The number of nitro groups is 1. The number of nitrogens with two attached hydrogens (primary N) is 1. The number of aromatic nitrogens is 3. The Morgan fingerprint density at radius 3 is 2.74 bits per heavy atom. The van der Waals surface area contributed by atoms with Crippen LogP contribution in [0.5, 0.6) is 0 Å². The Labute approximate surface area is 112 Å². The number of anilines is 2. The minimum Gasteiger partial charge on any atom is -0.368 e. The molecule has 0 fully saturated rings. The smallest absolute Gasteiger partial charge is 0.332 e. The highest BCUT2D eigenvalue weighted by atomic mass is 32.1. The van der Waals surface area contributed by atoms with E-state index in [1.807, 2.05) is 12.3 Å². The summed E-state index contributed by atoms with van der Waals surface area (Å²) in [6.45, 7) is 3.76. The fourth-order valence-electron chi connectivity index (χ4n) is 1.59. The van der Waals surface area contributed by atoms with Crippen LogP contribution in [-0.4, -0.2) is 19.9 Å². The summed E-state index contributed by atoms with van der Waals surface area (Å²) in [5.74, 6) is 0.112. The molecule has 2 heterocycles. The number of nitrogen functional groups attached to an aromatic ring is 1. The van der Waals surface area contributed by atoms with E-state index in [2.05, 4.69) is 20.3 Å². The van der Waals surface area contributed by atoms with E-state index in [9.17, 15) is 10.1 Å². The Bertz CT molecular complexity index is 626. The first kappa shape index (κ1) is 13.1. The van der Waals surface area contributed by atoms with Crippen LogP contribution < -0.4 is 11.1 Å². The molecule has 0 aliphatic heterocycles. The third kappa shape index (κ3) is 2.94. The van der Waals surface area contributed by atoms with Crippen molar-refractivity contribution in [1.82, 2.24) is 15.0 Å². The predicted molar refractivity (Wildman–Crippen MR) is 72.0 cm³/mol. The number of nitrogens with one attached hydrogen (secondary N) is 1. The van der Waals surface area contributed by atoms with Crippen LogP contribution in [0.15, 0.2) is 5.38 Å². The van der Waals surface area contributed by atoms with Crippen LogP contribution in [0.25, 0.3) is 0 Å². The van der Waals surface area contributed by atoms with Crippen LogP contribution in [0, 0.1) is 24.0 Å². The molecule has 0 aliphatic rings. The first-order chi connectivity index (χ1) is 8.97. The molecule has 0 aliphatic carbocycles. The van der Waals surface area contributed by atoms with Gasteiger partial charge in [-0.1, -0.05) is 0 Å². The third-order valence-corrected chi connectivity index (χ3v) is 3.18. The van der Waals surface area contributed by atoms with Gasteiger partial charge in [-0.25, -0.2) is 9.97 Å². The van der Waals surface area contributed by atoms with Crippen molar-refractivity contribution in [3.05, 3.63) is 31.9 Å². The molecule has 2 rings (SSSR count). The van der Waals surface area contributed by atoms with E-state index in [1.54, 1.807) is 0 Å². The fourth-order valence-corrected chi connectivity index (χ4v) is 2.21. The second-order valence-corrected chi connectivity index (χ2v) is 4.90. The minimum absolute atomic E-state index is 0.0000540. The van der Waals surface area contributed by atoms with Gasteiger partial charge in [-0.05, 0) is 13.8 Å². The Kier molecular flexibility index (Phi) is 3.56. The van der Waals surface area contributed by atoms with E-state index in [0.29, 0.717) is 6.54 Å². The van der Waals surface area contributed by atoms with Crippen LogP contribution in [0.3, 0.4) is 0 Å². The van der Waals surface area contributed by atoms with Gasteiger partial charge in [0.1, 0.15) is 5.69 Å². The van der Waals surface area contributed by atoms with E-state index in [0.717, 1.165) is 10.7 Å². The summed E-state index contributed by atoms with van der Waals surface area (Å²) < 4.78 is 0. The number of aryl methyl sites for hydroxylation is 2. The molecule has 0 amide bonds. The number of rotatable bonds is 4. The SMILES string of the molecule is Cc1nc(CNc2nc(N)nc(C)c2[N+](=O)[O-])cs1. The maximum absolute atomic E-state index is 11.0.